The van der Waals surface area contributed by atoms with Crippen LogP contribution in [0.5, 0.6) is 0 Å². The maximum atomic E-state index is 10.4. The largest absolute Gasteiger partial charge is 0.465 e. The lowest BCUT2D eigenvalue weighted by atomic mass is 10.0. The molecule has 0 aliphatic rings. The van der Waals surface area contributed by atoms with E-state index in [9.17, 15) is 4.80 Å². The molecule has 0 amide bonds. The lowest BCUT2D eigenvalue weighted by molar-refractivity contribution is 0.434. The van der Waals surface area contributed by atoms with Gasteiger partial charge < -0.3 is 14.1 Å². The van der Waals surface area contributed by atoms with Gasteiger partial charge in [0.05, 0.1) is 6.26 Å². The molecule has 0 atom stereocenters. The Morgan fingerprint density at radius 3 is 2.28 bits per heavy atom. The SMILES string of the molecule is CCN(CCCCCCC(C)(C)[Si](C)(C)O)c1ccc(/C=C/c2ccco2)cc1. The fraction of sp³-hybridized carbons (Fsp3) is 0.520. The van der Waals surface area contributed by atoms with Gasteiger partial charge in [-0.1, -0.05) is 51.3 Å². The van der Waals surface area contributed by atoms with Gasteiger partial charge in [0.2, 0.25) is 0 Å². The maximum absolute atomic E-state index is 10.4. The number of unbranched alkanes of at least 4 members (excludes halogenated alkanes) is 3. The molecule has 1 aromatic carbocycles. The van der Waals surface area contributed by atoms with Gasteiger partial charge in [-0.05, 0) is 73.8 Å². The number of hydrogen-bond donors (Lipinski definition) is 1. The standard InChI is InChI=1S/C25H39NO2Si/c1-6-26(20-10-8-7-9-19-25(2,3)29(4,5)27)23-16-13-22(14-17-23)15-18-24-12-11-21-28-24/h11-18,21,27H,6-10,19-20H2,1-5H3/b18-15+. The predicted molar refractivity (Wildman–Crippen MR) is 129 cm³/mol. The van der Waals surface area contributed by atoms with Gasteiger partial charge in [-0.15, -0.1) is 0 Å². The fourth-order valence-electron chi connectivity index (χ4n) is 3.36. The maximum Gasteiger partial charge on any atom is 0.188 e. The Kier molecular flexibility index (Phi) is 8.78. The average molecular weight is 414 g/mol. The molecule has 0 saturated heterocycles. The first-order valence-corrected chi connectivity index (χ1v) is 14.0. The third-order valence-corrected chi connectivity index (χ3v) is 9.82. The van der Waals surface area contributed by atoms with Crippen LogP contribution in [-0.2, 0) is 0 Å². The van der Waals surface area contributed by atoms with Crippen molar-refractivity contribution in [2.45, 2.75) is 71.0 Å². The molecule has 1 aromatic heterocycles. The van der Waals surface area contributed by atoms with Crippen LogP contribution in [0.1, 0.15) is 64.2 Å². The fourth-order valence-corrected chi connectivity index (χ4v) is 4.15. The van der Waals surface area contributed by atoms with E-state index >= 15 is 0 Å². The van der Waals surface area contributed by atoms with Crippen LogP contribution in [0.15, 0.2) is 47.1 Å². The molecule has 0 bridgehead atoms. The van der Waals surface area contributed by atoms with Gasteiger partial charge in [0.1, 0.15) is 5.76 Å². The number of hydrogen-bond acceptors (Lipinski definition) is 3. The summed E-state index contributed by atoms with van der Waals surface area (Å²) in [5, 5.41) is 0.107. The van der Waals surface area contributed by atoms with Crippen molar-refractivity contribution in [2.75, 3.05) is 18.0 Å². The normalized spacial score (nSPS) is 12.6. The highest BCUT2D eigenvalue weighted by molar-refractivity contribution is 6.72. The minimum atomic E-state index is -2.07. The Hall–Kier alpha value is -1.78. The molecule has 0 saturated carbocycles. The summed E-state index contributed by atoms with van der Waals surface area (Å²) in [6.07, 6.45) is 11.8. The van der Waals surface area contributed by atoms with Crippen molar-refractivity contribution in [1.82, 2.24) is 0 Å². The van der Waals surface area contributed by atoms with Crippen molar-refractivity contribution in [3.8, 4) is 0 Å². The van der Waals surface area contributed by atoms with Crippen LogP contribution in [0.25, 0.3) is 12.2 Å². The van der Waals surface area contributed by atoms with E-state index in [0.717, 1.165) is 25.3 Å². The van der Waals surface area contributed by atoms with Crippen LogP contribution in [0, 0.1) is 0 Å². The lowest BCUT2D eigenvalue weighted by Crippen LogP contribution is -2.38. The molecule has 0 fully saturated rings. The Morgan fingerprint density at radius 1 is 1.00 bits per heavy atom. The first-order chi connectivity index (χ1) is 13.7. The molecule has 2 rings (SSSR count). The second kappa shape index (κ2) is 10.8. The van der Waals surface area contributed by atoms with Crippen LogP contribution in [0.3, 0.4) is 0 Å². The number of benzene rings is 1. The predicted octanol–water partition coefficient (Wildman–Crippen LogP) is 7.20. The zero-order valence-corrected chi connectivity index (χ0v) is 19.9. The summed E-state index contributed by atoms with van der Waals surface area (Å²) in [5.74, 6) is 0.873. The first-order valence-electron chi connectivity index (χ1n) is 11.0. The van der Waals surface area contributed by atoms with Gasteiger partial charge in [-0.25, -0.2) is 0 Å². The second-order valence-electron chi connectivity index (χ2n) is 9.13. The summed E-state index contributed by atoms with van der Waals surface area (Å²) in [4.78, 5) is 12.9. The topological polar surface area (TPSA) is 36.6 Å². The van der Waals surface area contributed by atoms with Crippen LogP contribution in [0.2, 0.25) is 18.1 Å². The van der Waals surface area contributed by atoms with Gasteiger partial charge >= 0.3 is 0 Å². The summed E-state index contributed by atoms with van der Waals surface area (Å²) < 4.78 is 5.34. The molecule has 1 N–H and O–H groups in total. The molecule has 0 radical (unpaired) electrons. The quantitative estimate of drug-likeness (QED) is 0.295. The number of nitrogens with zero attached hydrogens (tertiary/aromatic N) is 1. The highest BCUT2D eigenvalue weighted by Crippen LogP contribution is 2.40. The zero-order chi connectivity index (χ0) is 21.3. The smallest absolute Gasteiger partial charge is 0.188 e. The van der Waals surface area contributed by atoms with E-state index in [4.69, 9.17) is 4.42 Å². The molecule has 0 unspecified atom stereocenters. The van der Waals surface area contributed by atoms with Crippen molar-refractivity contribution < 1.29 is 9.21 Å². The van der Waals surface area contributed by atoms with E-state index < -0.39 is 8.32 Å². The van der Waals surface area contributed by atoms with E-state index in [0.29, 0.717) is 0 Å². The van der Waals surface area contributed by atoms with Crippen molar-refractivity contribution in [2.24, 2.45) is 0 Å². The summed E-state index contributed by atoms with van der Waals surface area (Å²) in [5.41, 5.74) is 2.47. The first kappa shape index (κ1) is 23.5. The minimum Gasteiger partial charge on any atom is -0.465 e. The van der Waals surface area contributed by atoms with Crippen LogP contribution < -0.4 is 4.90 Å². The highest BCUT2D eigenvalue weighted by Gasteiger charge is 2.37. The summed E-state index contributed by atoms with van der Waals surface area (Å²) in [6.45, 7) is 12.9. The molecule has 0 aliphatic carbocycles. The Morgan fingerprint density at radius 2 is 1.69 bits per heavy atom. The van der Waals surface area contributed by atoms with Gasteiger partial charge in [-0.2, -0.15) is 0 Å². The molecule has 0 aliphatic heterocycles. The Balaban J connectivity index is 1.74. The molecule has 29 heavy (non-hydrogen) atoms. The molecule has 4 heteroatoms. The Labute approximate surface area is 178 Å². The number of anilines is 1. The van der Waals surface area contributed by atoms with E-state index in [1.807, 2.05) is 18.2 Å². The molecule has 160 valence electrons. The molecule has 0 spiro atoms. The molecular formula is C25H39NO2Si. The monoisotopic (exact) mass is 413 g/mol. The van der Waals surface area contributed by atoms with Gasteiger partial charge in [0, 0.05) is 18.8 Å². The van der Waals surface area contributed by atoms with E-state index in [-0.39, 0.29) is 5.04 Å². The second-order valence-corrected chi connectivity index (χ2v) is 13.6. The molecule has 2 aromatic rings. The number of rotatable bonds is 12. The van der Waals surface area contributed by atoms with Crippen molar-refractivity contribution >= 4 is 26.2 Å². The lowest BCUT2D eigenvalue weighted by Gasteiger charge is -2.35. The highest BCUT2D eigenvalue weighted by atomic mass is 28.4. The van der Waals surface area contributed by atoms with E-state index in [2.05, 4.69) is 69.1 Å². The van der Waals surface area contributed by atoms with Crippen LogP contribution in [0.4, 0.5) is 5.69 Å². The van der Waals surface area contributed by atoms with Crippen molar-refractivity contribution in [3.05, 3.63) is 54.0 Å². The van der Waals surface area contributed by atoms with Crippen LogP contribution in [-0.4, -0.2) is 26.2 Å². The summed E-state index contributed by atoms with van der Waals surface area (Å²) in [6, 6.07) is 12.6. The zero-order valence-electron chi connectivity index (χ0n) is 18.9. The van der Waals surface area contributed by atoms with Crippen molar-refractivity contribution in [1.29, 1.82) is 0 Å². The molecule has 1 heterocycles. The summed E-state index contributed by atoms with van der Waals surface area (Å²) in [7, 11) is -2.07. The van der Waals surface area contributed by atoms with Crippen LogP contribution >= 0.6 is 0 Å². The third-order valence-electron chi connectivity index (χ3n) is 6.26. The van der Waals surface area contributed by atoms with Gasteiger partial charge in [0.15, 0.2) is 8.32 Å². The molecule has 3 nitrogen and oxygen atoms in total. The van der Waals surface area contributed by atoms with Crippen molar-refractivity contribution in [3.63, 3.8) is 0 Å². The van der Waals surface area contributed by atoms with Gasteiger partial charge in [-0.3, -0.25) is 0 Å². The average Bonchev–Trinajstić information content (AvgIpc) is 3.19. The van der Waals surface area contributed by atoms with E-state index in [1.165, 1.54) is 36.9 Å². The minimum absolute atomic E-state index is 0.107. The summed E-state index contributed by atoms with van der Waals surface area (Å²) >= 11 is 0. The molecular weight excluding hydrogens is 374 g/mol. The third kappa shape index (κ3) is 7.52. The van der Waals surface area contributed by atoms with E-state index in [1.54, 1.807) is 6.26 Å². The number of furan rings is 1. The Bertz CT molecular complexity index is 727. The van der Waals surface area contributed by atoms with Gasteiger partial charge in [0.25, 0.3) is 0 Å².